The van der Waals surface area contributed by atoms with E-state index in [2.05, 4.69) is 11.8 Å². The third-order valence-electron chi connectivity index (χ3n) is 2.99. The second-order valence-corrected chi connectivity index (χ2v) is 3.85. The van der Waals surface area contributed by atoms with E-state index in [1.54, 1.807) is 0 Å². The van der Waals surface area contributed by atoms with Gasteiger partial charge in [-0.3, -0.25) is 4.90 Å². The predicted octanol–water partition coefficient (Wildman–Crippen LogP) is 1.58. The number of alkyl halides is 1. The normalized spacial score (nSPS) is 48.0. The van der Waals surface area contributed by atoms with Crippen molar-refractivity contribution >= 4 is 0 Å². The van der Waals surface area contributed by atoms with Crippen molar-refractivity contribution in [3.05, 3.63) is 0 Å². The van der Waals surface area contributed by atoms with Crippen molar-refractivity contribution in [3.8, 4) is 0 Å². The minimum Gasteiger partial charge on any atom is -0.295 e. The summed E-state index contributed by atoms with van der Waals surface area (Å²) in [5, 5.41) is 0. The molecule has 0 spiro atoms. The van der Waals surface area contributed by atoms with Crippen LogP contribution in [0.1, 0.15) is 26.2 Å². The second kappa shape index (κ2) is 1.94. The van der Waals surface area contributed by atoms with E-state index in [0.29, 0.717) is 6.54 Å². The molecule has 0 aliphatic carbocycles. The van der Waals surface area contributed by atoms with E-state index < -0.39 is 6.17 Å². The first-order valence-electron chi connectivity index (χ1n) is 4.10. The maximum atomic E-state index is 12.8. The van der Waals surface area contributed by atoms with Crippen LogP contribution in [0.4, 0.5) is 4.39 Å². The summed E-state index contributed by atoms with van der Waals surface area (Å²) in [7, 11) is 0. The number of hydrogen-bond donors (Lipinski definition) is 0. The van der Waals surface area contributed by atoms with Crippen molar-refractivity contribution < 1.29 is 4.39 Å². The zero-order valence-corrected chi connectivity index (χ0v) is 6.44. The van der Waals surface area contributed by atoms with E-state index in [1.165, 1.54) is 12.8 Å². The molecule has 0 N–H and O–H groups in total. The van der Waals surface area contributed by atoms with E-state index in [9.17, 15) is 4.39 Å². The molecule has 0 aromatic heterocycles. The zero-order valence-electron chi connectivity index (χ0n) is 6.44. The quantitative estimate of drug-likeness (QED) is 0.497. The van der Waals surface area contributed by atoms with Crippen LogP contribution in [-0.4, -0.2) is 29.7 Å². The zero-order chi connectivity index (χ0) is 7.19. The Morgan fingerprint density at radius 2 is 2.40 bits per heavy atom. The van der Waals surface area contributed by atoms with Crippen LogP contribution in [0.3, 0.4) is 0 Å². The van der Waals surface area contributed by atoms with E-state index in [0.717, 1.165) is 13.0 Å². The van der Waals surface area contributed by atoms with E-state index in [1.807, 2.05) is 0 Å². The van der Waals surface area contributed by atoms with Crippen molar-refractivity contribution in [1.29, 1.82) is 0 Å². The molecule has 2 heteroatoms. The van der Waals surface area contributed by atoms with Gasteiger partial charge in [0, 0.05) is 12.1 Å². The molecular formula is C8H14FN. The molecule has 2 fully saturated rings. The molecule has 0 aromatic rings. The third-order valence-corrected chi connectivity index (χ3v) is 2.99. The summed E-state index contributed by atoms with van der Waals surface area (Å²) < 4.78 is 12.8. The average Bonchev–Trinajstić information content (AvgIpc) is 2.20. The fourth-order valence-corrected chi connectivity index (χ4v) is 2.40. The van der Waals surface area contributed by atoms with Gasteiger partial charge in [0.15, 0.2) is 0 Å². The van der Waals surface area contributed by atoms with E-state index in [4.69, 9.17) is 0 Å². The Labute approximate surface area is 61.2 Å². The van der Waals surface area contributed by atoms with Gasteiger partial charge in [0.2, 0.25) is 0 Å². The SMILES string of the molecule is C[C@@]12CCCN1C[C@H](F)C2. The lowest BCUT2D eigenvalue weighted by Gasteiger charge is -2.25. The minimum absolute atomic E-state index is 0.236. The van der Waals surface area contributed by atoms with Crippen LogP contribution in [0.2, 0.25) is 0 Å². The van der Waals surface area contributed by atoms with Crippen molar-refractivity contribution in [3.63, 3.8) is 0 Å². The van der Waals surface area contributed by atoms with E-state index in [-0.39, 0.29) is 5.54 Å². The van der Waals surface area contributed by atoms with Crippen LogP contribution in [-0.2, 0) is 0 Å². The molecule has 0 radical (unpaired) electrons. The molecule has 2 heterocycles. The van der Waals surface area contributed by atoms with Gasteiger partial charge in [-0.15, -0.1) is 0 Å². The highest BCUT2D eigenvalue weighted by Crippen LogP contribution is 2.39. The van der Waals surface area contributed by atoms with Crippen LogP contribution < -0.4 is 0 Å². The molecule has 2 saturated heterocycles. The second-order valence-electron chi connectivity index (χ2n) is 3.85. The summed E-state index contributed by atoms with van der Waals surface area (Å²) in [5.74, 6) is 0. The van der Waals surface area contributed by atoms with Crippen LogP contribution in [0.15, 0.2) is 0 Å². The Balaban J connectivity index is 2.15. The first-order valence-corrected chi connectivity index (χ1v) is 4.10. The summed E-state index contributed by atoms with van der Waals surface area (Å²) >= 11 is 0. The van der Waals surface area contributed by atoms with Crippen molar-refractivity contribution in [2.24, 2.45) is 0 Å². The molecular weight excluding hydrogens is 129 g/mol. The van der Waals surface area contributed by atoms with E-state index >= 15 is 0 Å². The highest BCUT2D eigenvalue weighted by Gasteiger charge is 2.44. The predicted molar refractivity (Wildman–Crippen MR) is 38.7 cm³/mol. The van der Waals surface area contributed by atoms with Gasteiger partial charge in [-0.05, 0) is 32.7 Å². The molecule has 0 amide bonds. The Hall–Kier alpha value is -0.110. The lowest BCUT2D eigenvalue weighted by atomic mass is 9.97. The van der Waals surface area contributed by atoms with Crippen molar-refractivity contribution in [2.45, 2.75) is 37.9 Å². The Morgan fingerprint density at radius 3 is 3.10 bits per heavy atom. The number of hydrogen-bond acceptors (Lipinski definition) is 1. The Kier molecular flexibility index (Phi) is 1.28. The van der Waals surface area contributed by atoms with Gasteiger partial charge in [-0.2, -0.15) is 0 Å². The standard InChI is InChI=1S/C8H14FN/c1-8-3-2-4-10(8)6-7(9)5-8/h7H,2-6H2,1H3/t7-,8+/m1/s1. The van der Waals surface area contributed by atoms with Gasteiger partial charge in [0.25, 0.3) is 0 Å². The topological polar surface area (TPSA) is 3.24 Å². The highest BCUT2D eigenvalue weighted by atomic mass is 19.1. The van der Waals surface area contributed by atoms with Gasteiger partial charge < -0.3 is 0 Å². The highest BCUT2D eigenvalue weighted by molar-refractivity contribution is 5.00. The minimum atomic E-state index is -0.551. The summed E-state index contributed by atoms with van der Waals surface area (Å²) in [6.45, 7) is 4.01. The average molecular weight is 143 g/mol. The molecule has 0 aromatic carbocycles. The fraction of sp³-hybridized carbons (Fsp3) is 1.00. The lowest BCUT2D eigenvalue weighted by molar-refractivity contribution is 0.217. The Morgan fingerprint density at radius 1 is 1.60 bits per heavy atom. The molecule has 10 heavy (non-hydrogen) atoms. The summed E-state index contributed by atoms with van der Waals surface area (Å²) in [6, 6.07) is 0. The molecule has 2 aliphatic heterocycles. The largest absolute Gasteiger partial charge is 0.295 e. The van der Waals surface area contributed by atoms with Gasteiger partial charge in [-0.25, -0.2) is 4.39 Å². The maximum Gasteiger partial charge on any atom is 0.115 e. The lowest BCUT2D eigenvalue weighted by Crippen LogP contribution is -2.34. The monoisotopic (exact) mass is 143 g/mol. The molecule has 1 nitrogen and oxygen atoms in total. The van der Waals surface area contributed by atoms with Crippen LogP contribution >= 0.6 is 0 Å². The van der Waals surface area contributed by atoms with Crippen molar-refractivity contribution in [1.82, 2.24) is 4.90 Å². The molecule has 2 atom stereocenters. The van der Waals surface area contributed by atoms with Gasteiger partial charge in [-0.1, -0.05) is 0 Å². The maximum absolute atomic E-state index is 12.8. The third kappa shape index (κ3) is 0.782. The summed E-state index contributed by atoms with van der Waals surface area (Å²) in [6.07, 6.45) is 2.69. The first kappa shape index (κ1) is 6.59. The first-order chi connectivity index (χ1) is 4.71. The number of halogens is 1. The molecule has 0 saturated carbocycles. The number of fused-ring (bicyclic) bond motifs is 1. The number of rotatable bonds is 0. The Bertz CT molecular complexity index is 148. The van der Waals surface area contributed by atoms with Gasteiger partial charge in [0.05, 0.1) is 0 Å². The van der Waals surface area contributed by atoms with Crippen LogP contribution in [0, 0.1) is 0 Å². The molecule has 0 unspecified atom stereocenters. The smallest absolute Gasteiger partial charge is 0.115 e. The number of nitrogens with zero attached hydrogens (tertiary/aromatic N) is 1. The van der Waals surface area contributed by atoms with Crippen LogP contribution in [0.5, 0.6) is 0 Å². The molecule has 2 rings (SSSR count). The van der Waals surface area contributed by atoms with Crippen molar-refractivity contribution in [2.75, 3.05) is 13.1 Å². The molecule has 2 aliphatic rings. The summed E-state index contributed by atoms with van der Waals surface area (Å²) in [4.78, 5) is 2.30. The van der Waals surface area contributed by atoms with Crippen LogP contribution in [0.25, 0.3) is 0 Å². The van der Waals surface area contributed by atoms with Gasteiger partial charge in [0.1, 0.15) is 6.17 Å². The molecule has 58 valence electrons. The fourth-order valence-electron chi connectivity index (χ4n) is 2.40. The van der Waals surface area contributed by atoms with Gasteiger partial charge >= 0.3 is 0 Å². The molecule has 0 bridgehead atoms. The summed E-state index contributed by atoms with van der Waals surface area (Å²) in [5.41, 5.74) is 0.236.